The molecule has 3 rings (SSSR count). The fourth-order valence-corrected chi connectivity index (χ4v) is 3.42. The zero-order valence-corrected chi connectivity index (χ0v) is 12.7. The van der Waals surface area contributed by atoms with Crippen LogP contribution in [0.3, 0.4) is 0 Å². The molecular formula is C17H25N3. The van der Waals surface area contributed by atoms with Crippen molar-refractivity contribution in [2.75, 3.05) is 0 Å². The number of nitrogens with zero attached hydrogens (tertiary/aromatic N) is 2. The van der Waals surface area contributed by atoms with Gasteiger partial charge in [0.15, 0.2) is 5.65 Å². The van der Waals surface area contributed by atoms with Crippen LogP contribution in [0.5, 0.6) is 0 Å². The van der Waals surface area contributed by atoms with Gasteiger partial charge in [-0.1, -0.05) is 26.2 Å². The smallest absolute Gasteiger partial charge is 0.177 e. The van der Waals surface area contributed by atoms with Crippen LogP contribution in [0.1, 0.15) is 69.3 Å². The molecule has 2 heterocycles. The molecule has 2 aromatic heterocycles. The molecule has 20 heavy (non-hydrogen) atoms. The Labute approximate surface area is 121 Å². The standard InChI is InChI=1S/C17H25N3/c1-3-4-5-13-7-9-14(10-8-13)16-19-15-11-6-12(2)18-17(15)20-16/h6,11,13-14H,3-5,7-10H2,1-2H3,(H,18,19,20). The minimum atomic E-state index is 0.613. The van der Waals surface area contributed by atoms with Crippen molar-refractivity contribution < 1.29 is 0 Å². The lowest BCUT2D eigenvalue weighted by Gasteiger charge is -2.27. The molecule has 0 amide bonds. The lowest BCUT2D eigenvalue weighted by molar-refractivity contribution is 0.299. The number of H-pyrrole nitrogens is 1. The molecule has 3 nitrogen and oxygen atoms in total. The van der Waals surface area contributed by atoms with Crippen molar-refractivity contribution in [1.29, 1.82) is 0 Å². The first-order valence-electron chi connectivity index (χ1n) is 8.09. The number of imidazole rings is 1. The van der Waals surface area contributed by atoms with Crippen LogP contribution in [-0.2, 0) is 0 Å². The number of aryl methyl sites for hydroxylation is 1. The fraction of sp³-hybridized carbons (Fsp3) is 0.647. The molecule has 0 unspecified atom stereocenters. The van der Waals surface area contributed by atoms with Gasteiger partial charge in [0.25, 0.3) is 0 Å². The Hall–Kier alpha value is -1.38. The summed E-state index contributed by atoms with van der Waals surface area (Å²) >= 11 is 0. The number of pyridine rings is 1. The SMILES string of the molecule is CCCCC1CCC(c2nc3nc(C)ccc3[nH]2)CC1. The Morgan fingerprint density at radius 2 is 1.95 bits per heavy atom. The van der Waals surface area contributed by atoms with E-state index in [9.17, 15) is 0 Å². The Kier molecular flexibility index (Phi) is 4.04. The third-order valence-corrected chi connectivity index (χ3v) is 4.70. The molecule has 0 aliphatic heterocycles. The molecule has 0 bridgehead atoms. The highest BCUT2D eigenvalue weighted by atomic mass is 15.0. The van der Waals surface area contributed by atoms with E-state index in [1.807, 2.05) is 13.0 Å². The summed E-state index contributed by atoms with van der Waals surface area (Å²) in [6.07, 6.45) is 9.45. The summed E-state index contributed by atoms with van der Waals surface area (Å²) in [5.74, 6) is 2.73. The predicted octanol–water partition coefficient (Wildman–Crippen LogP) is 4.73. The van der Waals surface area contributed by atoms with Crippen LogP contribution in [0.25, 0.3) is 11.2 Å². The van der Waals surface area contributed by atoms with E-state index >= 15 is 0 Å². The van der Waals surface area contributed by atoms with E-state index in [-0.39, 0.29) is 0 Å². The molecule has 108 valence electrons. The van der Waals surface area contributed by atoms with Gasteiger partial charge in [0, 0.05) is 11.6 Å². The lowest BCUT2D eigenvalue weighted by atomic mass is 9.79. The van der Waals surface area contributed by atoms with Crippen LogP contribution in [0.15, 0.2) is 12.1 Å². The Bertz CT molecular complexity index is 565. The summed E-state index contributed by atoms with van der Waals surface area (Å²) in [5, 5.41) is 0. The van der Waals surface area contributed by atoms with Gasteiger partial charge in [-0.25, -0.2) is 9.97 Å². The Balaban J connectivity index is 1.67. The van der Waals surface area contributed by atoms with Gasteiger partial charge in [-0.15, -0.1) is 0 Å². The molecule has 0 spiro atoms. The Morgan fingerprint density at radius 3 is 2.70 bits per heavy atom. The summed E-state index contributed by atoms with van der Waals surface area (Å²) in [4.78, 5) is 12.7. The van der Waals surface area contributed by atoms with E-state index in [0.29, 0.717) is 5.92 Å². The summed E-state index contributed by atoms with van der Waals surface area (Å²) < 4.78 is 0. The molecule has 0 atom stereocenters. The number of aromatic nitrogens is 3. The van der Waals surface area contributed by atoms with Gasteiger partial charge in [0.1, 0.15) is 5.82 Å². The van der Waals surface area contributed by atoms with E-state index in [0.717, 1.165) is 28.6 Å². The van der Waals surface area contributed by atoms with E-state index in [1.165, 1.54) is 44.9 Å². The Morgan fingerprint density at radius 1 is 1.15 bits per heavy atom. The van der Waals surface area contributed by atoms with Gasteiger partial charge in [0.2, 0.25) is 0 Å². The average Bonchev–Trinajstić information content (AvgIpc) is 2.88. The first-order valence-corrected chi connectivity index (χ1v) is 8.09. The van der Waals surface area contributed by atoms with Gasteiger partial charge in [0.05, 0.1) is 5.52 Å². The van der Waals surface area contributed by atoms with Crippen LogP contribution in [-0.4, -0.2) is 15.0 Å². The maximum absolute atomic E-state index is 4.72. The molecule has 1 aliphatic carbocycles. The molecule has 0 saturated heterocycles. The predicted molar refractivity (Wildman–Crippen MR) is 82.8 cm³/mol. The van der Waals surface area contributed by atoms with Gasteiger partial charge >= 0.3 is 0 Å². The lowest BCUT2D eigenvalue weighted by Crippen LogP contribution is -2.14. The highest BCUT2D eigenvalue weighted by Crippen LogP contribution is 2.37. The zero-order chi connectivity index (χ0) is 13.9. The molecule has 1 aliphatic rings. The number of fused-ring (bicyclic) bond motifs is 1. The van der Waals surface area contributed by atoms with Crippen molar-refractivity contribution in [1.82, 2.24) is 15.0 Å². The highest BCUT2D eigenvalue weighted by Gasteiger charge is 2.24. The topological polar surface area (TPSA) is 41.6 Å². The van der Waals surface area contributed by atoms with Crippen molar-refractivity contribution in [3.63, 3.8) is 0 Å². The normalized spacial score (nSPS) is 23.3. The van der Waals surface area contributed by atoms with Crippen LogP contribution in [0, 0.1) is 12.8 Å². The number of hydrogen-bond acceptors (Lipinski definition) is 2. The van der Waals surface area contributed by atoms with Gasteiger partial charge in [-0.05, 0) is 50.7 Å². The van der Waals surface area contributed by atoms with Crippen LogP contribution in [0.2, 0.25) is 0 Å². The third-order valence-electron chi connectivity index (χ3n) is 4.70. The second-order valence-corrected chi connectivity index (χ2v) is 6.31. The number of nitrogens with one attached hydrogen (secondary N) is 1. The molecule has 1 N–H and O–H groups in total. The van der Waals surface area contributed by atoms with E-state index < -0.39 is 0 Å². The number of unbranched alkanes of at least 4 members (excludes halogenated alkanes) is 1. The van der Waals surface area contributed by atoms with Crippen LogP contribution >= 0.6 is 0 Å². The van der Waals surface area contributed by atoms with E-state index in [2.05, 4.69) is 23.0 Å². The summed E-state index contributed by atoms with van der Waals surface area (Å²) in [7, 11) is 0. The minimum absolute atomic E-state index is 0.613. The quantitative estimate of drug-likeness (QED) is 0.873. The van der Waals surface area contributed by atoms with Gasteiger partial charge < -0.3 is 4.98 Å². The van der Waals surface area contributed by atoms with Gasteiger partial charge in [-0.3, -0.25) is 0 Å². The molecule has 2 aromatic rings. The molecular weight excluding hydrogens is 246 g/mol. The maximum Gasteiger partial charge on any atom is 0.177 e. The van der Waals surface area contributed by atoms with Crippen molar-refractivity contribution in [2.45, 2.75) is 64.7 Å². The third kappa shape index (κ3) is 2.87. The maximum atomic E-state index is 4.72. The second kappa shape index (κ2) is 5.94. The summed E-state index contributed by atoms with van der Waals surface area (Å²) in [6.45, 7) is 4.31. The molecule has 0 aromatic carbocycles. The number of hydrogen-bond donors (Lipinski definition) is 1. The highest BCUT2D eigenvalue weighted by molar-refractivity contribution is 5.70. The van der Waals surface area contributed by atoms with E-state index in [4.69, 9.17) is 4.98 Å². The zero-order valence-electron chi connectivity index (χ0n) is 12.7. The second-order valence-electron chi connectivity index (χ2n) is 6.31. The van der Waals surface area contributed by atoms with Crippen molar-refractivity contribution in [3.8, 4) is 0 Å². The first-order chi connectivity index (χ1) is 9.76. The molecule has 1 fully saturated rings. The molecule has 0 radical (unpaired) electrons. The number of rotatable bonds is 4. The van der Waals surface area contributed by atoms with Crippen molar-refractivity contribution in [2.24, 2.45) is 5.92 Å². The van der Waals surface area contributed by atoms with Crippen molar-refractivity contribution in [3.05, 3.63) is 23.7 Å². The number of aromatic amines is 1. The first kappa shape index (κ1) is 13.6. The van der Waals surface area contributed by atoms with Crippen molar-refractivity contribution >= 4 is 11.2 Å². The molecule has 3 heteroatoms. The van der Waals surface area contributed by atoms with Crippen LogP contribution in [0.4, 0.5) is 0 Å². The minimum Gasteiger partial charge on any atom is -0.340 e. The fourth-order valence-electron chi connectivity index (χ4n) is 3.42. The largest absolute Gasteiger partial charge is 0.340 e. The average molecular weight is 271 g/mol. The monoisotopic (exact) mass is 271 g/mol. The van der Waals surface area contributed by atoms with Gasteiger partial charge in [-0.2, -0.15) is 0 Å². The molecule has 1 saturated carbocycles. The van der Waals surface area contributed by atoms with E-state index in [1.54, 1.807) is 0 Å². The van der Waals surface area contributed by atoms with Crippen LogP contribution < -0.4 is 0 Å². The summed E-state index contributed by atoms with van der Waals surface area (Å²) in [5.41, 5.74) is 3.01. The summed E-state index contributed by atoms with van der Waals surface area (Å²) in [6, 6.07) is 4.15.